The van der Waals surface area contributed by atoms with Crippen LogP contribution in [-0.4, -0.2) is 34.8 Å². The maximum atomic E-state index is 11.7. The number of likely N-dealkylation sites (tertiary alicyclic amines) is 1. The fraction of sp³-hybridized carbons (Fsp3) is 0.800. The molecule has 1 fully saturated rings. The number of urea groups is 1. The minimum Gasteiger partial charge on any atom is -0.319 e. The molecule has 5 heteroatoms. The van der Waals surface area contributed by atoms with Gasteiger partial charge >= 0.3 is 6.03 Å². The summed E-state index contributed by atoms with van der Waals surface area (Å²) >= 11 is 5.41. The number of halogens is 1. The first kappa shape index (κ1) is 12.3. The van der Waals surface area contributed by atoms with E-state index in [4.69, 9.17) is 11.6 Å². The molecule has 86 valence electrons. The van der Waals surface area contributed by atoms with Gasteiger partial charge in [0.05, 0.1) is 0 Å². The Hall–Kier alpha value is -0.770. The van der Waals surface area contributed by atoms with Gasteiger partial charge in [-0.3, -0.25) is 10.1 Å². The molecule has 1 saturated heterocycles. The molecular formula is C10H17ClN2O2. The topological polar surface area (TPSA) is 49.4 Å². The summed E-state index contributed by atoms with van der Waals surface area (Å²) in [7, 11) is 0. The van der Waals surface area contributed by atoms with Gasteiger partial charge in [-0.15, -0.1) is 11.6 Å². The van der Waals surface area contributed by atoms with Crippen LogP contribution in [0.1, 0.15) is 33.1 Å². The first-order valence-corrected chi connectivity index (χ1v) is 5.68. The Balaban J connectivity index is 2.50. The summed E-state index contributed by atoms with van der Waals surface area (Å²) in [6.45, 7) is 4.73. The number of nitrogens with zero attached hydrogens (tertiary/aromatic N) is 1. The number of hydrogen-bond donors (Lipinski definition) is 1. The van der Waals surface area contributed by atoms with E-state index in [0.717, 1.165) is 12.8 Å². The third-order valence-corrected chi connectivity index (χ3v) is 2.90. The first-order chi connectivity index (χ1) is 6.97. The van der Waals surface area contributed by atoms with Gasteiger partial charge in [0.1, 0.15) is 0 Å². The summed E-state index contributed by atoms with van der Waals surface area (Å²) in [5.74, 6) is -0.0691. The lowest BCUT2D eigenvalue weighted by Gasteiger charge is -2.31. The molecule has 0 aromatic heterocycles. The summed E-state index contributed by atoms with van der Waals surface area (Å²) in [4.78, 5) is 24.6. The van der Waals surface area contributed by atoms with Crippen molar-refractivity contribution in [3.63, 3.8) is 0 Å². The summed E-state index contributed by atoms with van der Waals surface area (Å²) in [5, 5.41) is 2.34. The van der Waals surface area contributed by atoms with Crippen molar-refractivity contribution in [2.75, 3.05) is 12.4 Å². The highest BCUT2D eigenvalue weighted by Crippen LogP contribution is 2.27. The maximum Gasteiger partial charge on any atom is 0.324 e. The molecule has 1 N–H and O–H groups in total. The zero-order chi connectivity index (χ0) is 11.5. The number of carbonyl (C=O) groups is 2. The van der Waals surface area contributed by atoms with E-state index in [1.807, 2.05) is 13.8 Å². The van der Waals surface area contributed by atoms with Gasteiger partial charge in [0.2, 0.25) is 5.91 Å². The predicted octanol–water partition coefficient (Wildman–Crippen LogP) is 1.73. The van der Waals surface area contributed by atoms with Crippen molar-refractivity contribution >= 4 is 23.5 Å². The average Bonchev–Trinajstić information content (AvgIpc) is 2.45. The van der Waals surface area contributed by atoms with Crippen LogP contribution >= 0.6 is 11.6 Å². The van der Waals surface area contributed by atoms with Crippen LogP contribution in [0.3, 0.4) is 0 Å². The highest BCUT2D eigenvalue weighted by molar-refractivity contribution is 6.19. The fourth-order valence-corrected chi connectivity index (χ4v) is 1.99. The van der Waals surface area contributed by atoms with Gasteiger partial charge < -0.3 is 4.90 Å². The van der Waals surface area contributed by atoms with Crippen molar-refractivity contribution in [2.24, 2.45) is 0 Å². The van der Waals surface area contributed by atoms with E-state index in [1.54, 1.807) is 4.90 Å². The molecule has 0 aromatic carbocycles. The quantitative estimate of drug-likeness (QED) is 0.738. The molecule has 0 bridgehead atoms. The van der Waals surface area contributed by atoms with Crippen molar-refractivity contribution in [3.05, 3.63) is 0 Å². The number of nitrogens with one attached hydrogen (secondary N) is 1. The van der Waals surface area contributed by atoms with Crippen molar-refractivity contribution in [3.8, 4) is 0 Å². The number of carbonyl (C=O) groups excluding carboxylic acids is 2. The summed E-state index contributed by atoms with van der Waals surface area (Å²) in [6, 6.07) is -0.299. The lowest BCUT2D eigenvalue weighted by Crippen LogP contribution is -2.49. The number of hydrogen-bond acceptors (Lipinski definition) is 2. The van der Waals surface area contributed by atoms with Crippen molar-refractivity contribution in [1.82, 2.24) is 10.2 Å². The van der Waals surface area contributed by atoms with E-state index in [2.05, 4.69) is 5.32 Å². The molecule has 1 rings (SSSR count). The lowest BCUT2D eigenvalue weighted by molar-refractivity contribution is -0.119. The standard InChI is InChI=1S/C10H17ClN2O2/c1-10(2)5-3-7-13(10)9(15)12-8(14)4-6-11/h3-7H2,1-2H3,(H,12,14,15). The van der Waals surface area contributed by atoms with E-state index in [1.165, 1.54) is 0 Å². The van der Waals surface area contributed by atoms with E-state index in [9.17, 15) is 9.59 Å². The zero-order valence-electron chi connectivity index (χ0n) is 9.18. The van der Waals surface area contributed by atoms with Gasteiger partial charge in [0.25, 0.3) is 0 Å². The zero-order valence-corrected chi connectivity index (χ0v) is 9.93. The van der Waals surface area contributed by atoms with E-state index in [-0.39, 0.29) is 29.8 Å². The molecule has 0 unspecified atom stereocenters. The molecule has 4 nitrogen and oxygen atoms in total. The Morgan fingerprint density at radius 2 is 2.13 bits per heavy atom. The van der Waals surface area contributed by atoms with Crippen LogP contribution in [0.5, 0.6) is 0 Å². The SMILES string of the molecule is CC1(C)CCCN1C(=O)NC(=O)CCCl. The molecule has 0 aliphatic carbocycles. The van der Waals surface area contributed by atoms with Crippen LogP contribution in [0, 0.1) is 0 Å². The van der Waals surface area contributed by atoms with Crippen LogP contribution < -0.4 is 5.32 Å². The van der Waals surface area contributed by atoms with Crippen LogP contribution in [0.25, 0.3) is 0 Å². The fourth-order valence-electron chi connectivity index (χ4n) is 1.82. The Bertz CT molecular complexity index is 266. The highest BCUT2D eigenvalue weighted by Gasteiger charge is 2.35. The summed E-state index contributed by atoms with van der Waals surface area (Å²) < 4.78 is 0. The third kappa shape index (κ3) is 3.09. The molecule has 0 saturated carbocycles. The third-order valence-electron chi connectivity index (χ3n) is 2.71. The molecule has 1 aliphatic heterocycles. The second kappa shape index (κ2) is 4.84. The van der Waals surface area contributed by atoms with Crippen LogP contribution in [0.15, 0.2) is 0 Å². The molecule has 0 radical (unpaired) electrons. The van der Waals surface area contributed by atoms with Crippen molar-refractivity contribution in [2.45, 2.75) is 38.6 Å². The number of alkyl halides is 1. The van der Waals surface area contributed by atoms with Crippen LogP contribution in [0.4, 0.5) is 4.79 Å². The summed E-state index contributed by atoms with van der Waals surface area (Å²) in [5.41, 5.74) is -0.147. The Labute approximate surface area is 95.0 Å². The Morgan fingerprint density at radius 1 is 1.47 bits per heavy atom. The Kier molecular flexibility index (Phi) is 3.97. The number of rotatable bonds is 2. The lowest BCUT2D eigenvalue weighted by atomic mass is 10.0. The minimum atomic E-state index is -0.308. The predicted molar refractivity (Wildman–Crippen MR) is 58.9 cm³/mol. The van der Waals surface area contributed by atoms with Crippen molar-refractivity contribution in [1.29, 1.82) is 0 Å². The van der Waals surface area contributed by atoms with E-state index >= 15 is 0 Å². The monoisotopic (exact) mass is 232 g/mol. The molecule has 0 spiro atoms. The van der Waals surface area contributed by atoms with Crippen molar-refractivity contribution < 1.29 is 9.59 Å². The first-order valence-electron chi connectivity index (χ1n) is 5.15. The van der Waals surface area contributed by atoms with Crippen LogP contribution in [-0.2, 0) is 4.79 Å². The van der Waals surface area contributed by atoms with Gasteiger partial charge in [0.15, 0.2) is 0 Å². The number of amides is 3. The molecular weight excluding hydrogens is 216 g/mol. The average molecular weight is 233 g/mol. The second-order valence-corrected chi connectivity index (χ2v) is 4.74. The molecule has 1 heterocycles. The molecule has 0 atom stereocenters. The molecule has 3 amide bonds. The number of imide groups is 1. The van der Waals surface area contributed by atoms with Gasteiger partial charge in [0, 0.05) is 24.4 Å². The molecule has 1 aliphatic rings. The highest BCUT2D eigenvalue weighted by atomic mass is 35.5. The van der Waals surface area contributed by atoms with Crippen LogP contribution in [0.2, 0.25) is 0 Å². The summed E-state index contributed by atoms with van der Waals surface area (Å²) in [6.07, 6.45) is 2.15. The van der Waals surface area contributed by atoms with E-state index < -0.39 is 0 Å². The smallest absolute Gasteiger partial charge is 0.319 e. The van der Waals surface area contributed by atoms with Gasteiger partial charge in [-0.1, -0.05) is 0 Å². The van der Waals surface area contributed by atoms with Gasteiger partial charge in [-0.05, 0) is 26.7 Å². The normalized spacial score (nSPS) is 19.0. The molecule has 15 heavy (non-hydrogen) atoms. The molecule has 0 aromatic rings. The Morgan fingerprint density at radius 3 is 2.60 bits per heavy atom. The maximum absolute atomic E-state index is 11.7. The van der Waals surface area contributed by atoms with E-state index in [0.29, 0.717) is 6.54 Å². The second-order valence-electron chi connectivity index (χ2n) is 4.36. The minimum absolute atomic E-state index is 0.147. The van der Waals surface area contributed by atoms with Gasteiger partial charge in [-0.2, -0.15) is 0 Å². The largest absolute Gasteiger partial charge is 0.324 e. The van der Waals surface area contributed by atoms with Gasteiger partial charge in [-0.25, -0.2) is 4.79 Å².